The van der Waals surface area contributed by atoms with Crippen molar-refractivity contribution in [3.63, 3.8) is 0 Å². The molecule has 1 saturated heterocycles. The highest BCUT2D eigenvalue weighted by Crippen LogP contribution is 2.43. The van der Waals surface area contributed by atoms with E-state index in [-0.39, 0.29) is 48.7 Å². The monoisotopic (exact) mass is 609 g/mol. The maximum atomic E-state index is 13.7. The zero-order chi connectivity index (χ0) is 27.5. The molecule has 1 aromatic heterocycles. The number of hydrogen-bond acceptors (Lipinski definition) is 5. The van der Waals surface area contributed by atoms with E-state index in [4.69, 9.17) is 15.5 Å². The molecule has 2 heterocycles. The number of nitrogens with zero attached hydrogens (tertiary/aromatic N) is 3. The maximum absolute atomic E-state index is 13.7. The first-order valence-corrected chi connectivity index (χ1v) is 14.5. The van der Waals surface area contributed by atoms with Crippen molar-refractivity contribution in [3.8, 4) is 11.1 Å². The van der Waals surface area contributed by atoms with E-state index in [1.54, 1.807) is 7.11 Å². The van der Waals surface area contributed by atoms with Gasteiger partial charge in [0.1, 0.15) is 5.82 Å². The van der Waals surface area contributed by atoms with Gasteiger partial charge >= 0.3 is 0 Å². The second-order valence-corrected chi connectivity index (χ2v) is 11.0. The molecule has 42 heavy (non-hydrogen) atoms. The number of carbonyl (C=O) groups excluding carboxylic acids is 1. The molecule has 9 heteroatoms. The number of methoxy groups -OCH3 is 1. The number of aromatic nitrogens is 2. The van der Waals surface area contributed by atoms with Crippen molar-refractivity contribution < 1.29 is 9.53 Å². The fourth-order valence-electron chi connectivity index (χ4n) is 6.54. The van der Waals surface area contributed by atoms with Crippen LogP contribution in [-0.4, -0.2) is 59.8 Å². The molecule has 0 saturated carbocycles. The summed E-state index contributed by atoms with van der Waals surface area (Å²) in [6.45, 7) is 3.45. The van der Waals surface area contributed by atoms with Crippen LogP contribution in [0.3, 0.4) is 0 Å². The minimum atomic E-state index is -0.115. The predicted molar refractivity (Wildman–Crippen MR) is 174 cm³/mol. The summed E-state index contributed by atoms with van der Waals surface area (Å²) in [6.07, 6.45) is 3.32. The van der Waals surface area contributed by atoms with Gasteiger partial charge in [-0.3, -0.25) is 4.79 Å². The first kappa shape index (κ1) is 32.0. The van der Waals surface area contributed by atoms with E-state index in [2.05, 4.69) is 76.6 Å². The van der Waals surface area contributed by atoms with Crippen LogP contribution in [0.4, 0.5) is 0 Å². The van der Waals surface area contributed by atoms with Crippen molar-refractivity contribution in [2.24, 2.45) is 5.73 Å². The summed E-state index contributed by atoms with van der Waals surface area (Å²) >= 11 is 0. The highest BCUT2D eigenvalue weighted by molar-refractivity contribution is 5.85. The molecule has 2 unspecified atom stereocenters. The molecule has 3 N–H and O–H groups in total. The number of nitrogens with one attached hydrogen (secondary N) is 1. The molecule has 2 atom stereocenters. The summed E-state index contributed by atoms with van der Waals surface area (Å²) in [6, 6.07) is 25.3. The summed E-state index contributed by atoms with van der Waals surface area (Å²) in [5.74, 6) is 1.46. The summed E-state index contributed by atoms with van der Waals surface area (Å²) in [5, 5.41) is 3.75. The molecule has 2 aliphatic rings. The third-order valence-corrected chi connectivity index (χ3v) is 8.50. The molecular weight excluding hydrogens is 569 g/mol. The Kier molecular flexibility index (Phi) is 11.0. The third kappa shape index (κ3) is 6.36. The van der Waals surface area contributed by atoms with Gasteiger partial charge in [0.2, 0.25) is 5.91 Å². The summed E-state index contributed by atoms with van der Waals surface area (Å²) < 4.78 is 7.66. The Morgan fingerprint density at radius 1 is 1.02 bits per heavy atom. The van der Waals surface area contributed by atoms with E-state index >= 15 is 0 Å². The first-order valence-electron chi connectivity index (χ1n) is 14.5. The third-order valence-electron chi connectivity index (χ3n) is 8.50. The molecule has 1 aliphatic heterocycles. The summed E-state index contributed by atoms with van der Waals surface area (Å²) in [7, 11) is 1.74. The SMILES string of the molecule is COCCCn1c(C2CCCN(C(=O)CC(CN)NC3c4ccccc4-c4ccccc43)C2)nc2ccccc21.Cl.Cl. The Hall–Kier alpha value is -2.94. The van der Waals surface area contributed by atoms with Crippen LogP contribution in [0.15, 0.2) is 72.8 Å². The van der Waals surface area contributed by atoms with Gasteiger partial charge in [-0.2, -0.15) is 0 Å². The molecule has 224 valence electrons. The van der Waals surface area contributed by atoms with Crippen LogP contribution < -0.4 is 11.1 Å². The second-order valence-electron chi connectivity index (χ2n) is 11.0. The van der Waals surface area contributed by atoms with Crippen LogP contribution >= 0.6 is 24.8 Å². The topological polar surface area (TPSA) is 85.4 Å². The number of fused-ring (bicyclic) bond motifs is 4. The van der Waals surface area contributed by atoms with E-state index < -0.39 is 0 Å². The maximum Gasteiger partial charge on any atom is 0.224 e. The molecule has 4 aromatic rings. The molecule has 1 fully saturated rings. The van der Waals surface area contributed by atoms with Crippen molar-refractivity contribution in [2.45, 2.75) is 50.2 Å². The van der Waals surface area contributed by atoms with E-state index in [0.717, 1.165) is 49.2 Å². The Morgan fingerprint density at radius 2 is 1.69 bits per heavy atom. The van der Waals surface area contributed by atoms with Gasteiger partial charge in [-0.05, 0) is 53.6 Å². The highest BCUT2D eigenvalue weighted by Gasteiger charge is 2.32. The Morgan fingerprint density at radius 3 is 2.38 bits per heavy atom. The van der Waals surface area contributed by atoms with Gasteiger partial charge in [0.25, 0.3) is 0 Å². The number of nitrogens with two attached hydrogens (primary N) is 1. The van der Waals surface area contributed by atoms with Gasteiger partial charge in [-0.15, -0.1) is 24.8 Å². The van der Waals surface area contributed by atoms with Gasteiger partial charge in [0.15, 0.2) is 0 Å². The number of benzene rings is 3. The van der Waals surface area contributed by atoms with Gasteiger partial charge in [0, 0.05) is 58.3 Å². The van der Waals surface area contributed by atoms with Crippen LogP contribution in [0.25, 0.3) is 22.2 Å². The number of aryl methyl sites for hydroxylation is 1. The molecule has 0 spiro atoms. The smallest absolute Gasteiger partial charge is 0.224 e. The van der Waals surface area contributed by atoms with Crippen molar-refractivity contribution in [1.82, 2.24) is 19.8 Å². The standard InChI is InChI=1S/C33H39N5O2.2ClH/c1-40-19-9-18-38-30-16-7-6-15-29(30)36-33(38)23-10-8-17-37(22-23)31(39)20-24(21-34)35-32-27-13-4-2-11-25(27)26-12-3-5-14-28(26)32;;/h2-7,11-16,23-24,32,35H,8-10,17-22,34H2,1H3;2*1H. The predicted octanol–water partition coefficient (Wildman–Crippen LogP) is 5.70. The van der Waals surface area contributed by atoms with Crippen molar-refractivity contribution >= 4 is 41.8 Å². The van der Waals surface area contributed by atoms with Crippen molar-refractivity contribution in [3.05, 3.63) is 89.7 Å². The molecule has 3 aromatic carbocycles. The second kappa shape index (κ2) is 14.5. The van der Waals surface area contributed by atoms with Crippen LogP contribution in [0.5, 0.6) is 0 Å². The lowest BCUT2D eigenvalue weighted by Gasteiger charge is -2.34. The lowest BCUT2D eigenvalue weighted by molar-refractivity contribution is -0.133. The highest BCUT2D eigenvalue weighted by atomic mass is 35.5. The quantitative estimate of drug-likeness (QED) is 0.225. The van der Waals surface area contributed by atoms with Crippen LogP contribution in [0.1, 0.15) is 54.6 Å². The molecule has 1 amide bonds. The van der Waals surface area contributed by atoms with Gasteiger partial charge < -0.3 is 25.3 Å². The molecule has 6 rings (SSSR count). The van der Waals surface area contributed by atoms with Crippen LogP contribution in [0, 0.1) is 0 Å². The first-order chi connectivity index (χ1) is 19.7. The number of para-hydroxylation sites is 2. The van der Waals surface area contributed by atoms with Crippen LogP contribution in [0.2, 0.25) is 0 Å². The summed E-state index contributed by atoms with van der Waals surface area (Å²) in [5.41, 5.74) is 13.4. The number of halogens is 2. The molecule has 7 nitrogen and oxygen atoms in total. The summed E-state index contributed by atoms with van der Waals surface area (Å²) in [4.78, 5) is 20.7. The number of likely N-dealkylation sites (tertiary alicyclic amines) is 1. The molecule has 0 bridgehead atoms. The Bertz CT molecular complexity index is 1450. The number of rotatable bonds is 10. The minimum absolute atomic E-state index is 0. The molecule has 1 aliphatic carbocycles. The van der Waals surface area contributed by atoms with Crippen LogP contribution in [-0.2, 0) is 16.1 Å². The minimum Gasteiger partial charge on any atom is -0.385 e. The number of amides is 1. The number of ether oxygens (including phenoxy) is 1. The fraction of sp³-hybridized carbons (Fsp3) is 0.394. The number of imidazole rings is 1. The van der Waals surface area contributed by atoms with Gasteiger partial charge in [-0.25, -0.2) is 4.98 Å². The Labute approximate surface area is 260 Å². The average Bonchev–Trinajstić information content (AvgIpc) is 3.53. The normalized spacial score (nSPS) is 16.8. The zero-order valence-corrected chi connectivity index (χ0v) is 25.7. The van der Waals surface area contributed by atoms with Crippen molar-refractivity contribution in [1.29, 1.82) is 0 Å². The van der Waals surface area contributed by atoms with Gasteiger partial charge in [0.05, 0.1) is 17.1 Å². The van der Waals surface area contributed by atoms with E-state index in [1.165, 1.54) is 22.3 Å². The molecular formula is C33H41Cl2N5O2. The largest absolute Gasteiger partial charge is 0.385 e. The van der Waals surface area contributed by atoms with E-state index in [1.807, 2.05) is 11.0 Å². The van der Waals surface area contributed by atoms with E-state index in [9.17, 15) is 4.79 Å². The van der Waals surface area contributed by atoms with E-state index in [0.29, 0.717) is 26.1 Å². The lowest BCUT2D eigenvalue weighted by atomic mass is 9.96. The van der Waals surface area contributed by atoms with Gasteiger partial charge in [-0.1, -0.05) is 60.7 Å². The number of hydrogen-bond donors (Lipinski definition) is 2. The average molecular weight is 611 g/mol. The zero-order valence-electron chi connectivity index (χ0n) is 24.1. The van der Waals surface area contributed by atoms with Crippen molar-refractivity contribution in [2.75, 3.05) is 33.4 Å². The number of piperidine rings is 1. The number of carbonyl (C=O) groups is 1. The Balaban J connectivity index is 0.00000202. The molecule has 0 radical (unpaired) electrons. The fourth-order valence-corrected chi connectivity index (χ4v) is 6.54. The lowest BCUT2D eigenvalue weighted by Crippen LogP contribution is -2.46.